The molecule has 0 aliphatic carbocycles. The molecule has 1 aromatic rings. The molecule has 0 radical (unpaired) electrons. The zero-order valence-corrected chi connectivity index (χ0v) is 9.90. The van der Waals surface area contributed by atoms with Crippen LogP contribution in [0.5, 0.6) is 0 Å². The summed E-state index contributed by atoms with van der Waals surface area (Å²) in [4.78, 5) is 13.1. The first-order chi connectivity index (χ1) is 8.15. The zero-order valence-electron chi connectivity index (χ0n) is 9.90. The van der Waals surface area contributed by atoms with Crippen molar-refractivity contribution in [1.82, 2.24) is 4.90 Å². The highest BCUT2D eigenvalue weighted by Crippen LogP contribution is 2.35. The van der Waals surface area contributed by atoms with Gasteiger partial charge in [-0.25, -0.2) is 4.39 Å². The van der Waals surface area contributed by atoms with Gasteiger partial charge in [0, 0.05) is 18.2 Å². The van der Waals surface area contributed by atoms with E-state index in [2.05, 4.69) is 4.90 Å². The molecular formula is C13H17FN2O. The van der Waals surface area contributed by atoms with Gasteiger partial charge >= 0.3 is 0 Å². The van der Waals surface area contributed by atoms with Gasteiger partial charge in [0.05, 0.1) is 0 Å². The molecule has 1 aliphatic rings. The van der Waals surface area contributed by atoms with E-state index in [-0.39, 0.29) is 11.9 Å². The molecule has 1 aliphatic heterocycles. The number of carbonyl (C=O) groups excluding carboxylic acids is 1. The quantitative estimate of drug-likeness (QED) is 0.811. The van der Waals surface area contributed by atoms with Crippen LogP contribution >= 0.6 is 0 Å². The van der Waals surface area contributed by atoms with Crippen LogP contribution in [-0.2, 0) is 0 Å². The van der Waals surface area contributed by atoms with Crippen molar-refractivity contribution in [1.29, 1.82) is 0 Å². The number of aldehydes is 1. The predicted molar refractivity (Wildman–Crippen MR) is 64.3 cm³/mol. The summed E-state index contributed by atoms with van der Waals surface area (Å²) in [7, 11) is 1.99. The Balaban J connectivity index is 2.33. The second-order valence-corrected chi connectivity index (χ2v) is 4.68. The molecule has 3 nitrogen and oxygen atoms in total. The normalized spacial score (nSPS) is 25.1. The Morgan fingerprint density at radius 2 is 2.35 bits per heavy atom. The molecule has 0 amide bonds. The zero-order chi connectivity index (χ0) is 12.4. The van der Waals surface area contributed by atoms with Crippen molar-refractivity contribution < 1.29 is 9.18 Å². The van der Waals surface area contributed by atoms with Crippen LogP contribution in [-0.4, -0.2) is 31.3 Å². The first-order valence-electron chi connectivity index (χ1n) is 5.80. The molecule has 0 bridgehead atoms. The van der Waals surface area contributed by atoms with Gasteiger partial charge in [0.2, 0.25) is 0 Å². The summed E-state index contributed by atoms with van der Waals surface area (Å²) in [5.41, 5.74) is 7.01. The van der Waals surface area contributed by atoms with Gasteiger partial charge < -0.3 is 5.73 Å². The Morgan fingerprint density at radius 1 is 1.59 bits per heavy atom. The predicted octanol–water partition coefficient (Wildman–Crippen LogP) is 1.59. The highest BCUT2D eigenvalue weighted by atomic mass is 19.1. The molecule has 0 saturated carbocycles. The minimum atomic E-state index is -0.296. The van der Waals surface area contributed by atoms with Crippen LogP contribution in [0.3, 0.4) is 0 Å². The summed E-state index contributed by atoms with van der Waals surface area (Å²) < 4.78 is 13.3. The van der Waals surface area contributed by atoms with E-state index in [1.54, 1.807) is 6.07 Å². The van der Waals surface area contributed by atoms with Gasteiger partial charge in [-0.2, -0.15) is 0 Å². The lowest BCUT2D eigenvalue weighted by atomic mass is 9.96. The number of nitrogens with two attached hydrogens (primary N) is 1. The van der Waals surface area contributed by atoms with E-state index in [0.717, 1.165) is 24.8 Å². The summed E-state index contributed by atoms with van der Waals surface area (Å²) in [6.45, 7) is 1.53. The molecule has 1 heterocycles. The Hall–Kier alpha value is -1.26. The molecule has 1 saturated heterocycles. The maximum absolute atomic E-state index is 13.3. The van der Waals surface area contributed by atoms with E-state index in [0.29, 0.717) is 18.0 Å². The number of hydrogen-bond donors (Lipinski definition) is 1. The number of rotatable bonds is 3. The van der Waals surface area contributed by atoms with Gasteiger partial charge in [-0.1, -0.05) is 0 Å². The van der Waals surface area contributed by atoms with Gasteiger partial charge in [-0.3, -0.25) is 9.69 Å². The topological polar surface area (TPSA) is 46.3 Å². The molecule has 1 fully saturated rings. The Labute approximate surface area is 100 Å². The molecule has 0 spiro atoms. The van der Waals surface area contributed by atoms with Crippen molar-refractivity contribution in [2.75, 3.05) is 20.1 Å². The first-order valence-corrected chi connectivity index (χ1v) is 5.80. The van der Waals surface area contributed by atoms with Crippen molar-refractivity contribution in [3.8, 4) is 0 Å². The van der Waals surface area contributed by atoms with Gasteiger partial charge in [0.15, 0.2) is 0 Å². The number of hydrogen-bond acceptors (Lipinski definition) is 3. The average molecular weight is 236 g/mol. The second kappa shape index (κ2) is 4.94. The number of halogens is 1. The smallest absolute Gasteiger partial charge is 0.150 e. The van der Waals surface area contributed by atoms with E-state index in [1.807, 2.05) is 7.05 Å². The molecule has 2 unspecified atom stereocenters. The van der Waals surface area contributed by atoms with Crippen molar-refractivity contribution in [3.05, 3.63) is 35.1 Å². The van der Waals surface area contributed by atoms with Crippen LogP contribution in [0, 0.1) is 11.7 Å². The standard InChI is InChI=1S/C13H17FN2O/c1-16-7-9(6-15)4-13(16)12-5-11(14)3-2-10(12)8-17/h2-3,5,8-9,13H,4,6-7,15H2,1H3. The molecule has 2 rings (SSSR count). The fourth-order valence-corrected chi connectivity index (χ4v) is 2.58. The van der Waals surface area contributed by atoms with E-state index < -0.39 is 0 Å². The van der Waals surface area contributed by atoms with E-state index in [9.17, 15) is 9.18 Å². The number of nitrogens with zero attached hydrogens (tertiary/aromatic N) is 1. The summed E-state index contributed by atoms with van der Waals surface area (Å²) in [6, 6.07) is 4.42. The highest BCUT2D eigenvalue weighted by Gasteiger charge is 2.31. The molecule has 2 N–H and O–H groups in total. The number of likely N-dealkylation sites (tertiary alicyclic amines) is 1. The maximum atomic E-state index is 13.3. The summed E-state index contributed by atoms with van der Waals surface area (Å²) in [6.07, 6.45) is 1.68. The molecule has 4 heteroatoms. The van der Waals surface area contributed by atoms with E-state index >= 15 is 0 Å². The van der Waals surface area contributed by atoms with Gasteiger partial charge in [0.25, 0.3) is 0 Å². The third kappa shape index (κ3) is 2.37. The second-order valence-electron chi connectivity index (χ2n) is 4.68. The van der Waals surface area contributed by atoms with Crippen molar-refractivity contribution in [2.24, 2.45) is 11.7 Å². The van der Waals surface area contributed by atoms with Gasteiger partial charge in [-0.05, 0) is 49.7 Å². The molecule has 92 valence electrons. The first kappa shape index (κ1) is 12.2. The fourth-order valence-electron chi connectivity index (χ4n) is 2.58. The molecule has 0 aromatic heterocycles. The highest BCUT2D eigenvalue weighted by molar-refractivity contribution is 5.77. The molecule has 1 aromatic carbocycles. The van der Waals surface area contributed by atoms with Crippen LogP contribution in [0.2, 0.25) is 0 Å². The van der Waals surface area contributed by atoms with Crippen molar-refractivity contribution in [3.63, 3.8) is 0 Å². The number of carbonyl (C=O) groups is 1. The molecule has 2 atom stereocenters. The lowest BCUT2D eigenvalue weighted by Gasteiger charge is -2.21. The molecule has 17 heavy (non-hydrogen) atoms. The minimum absolute atomic E-state index is 0.0967. The monoisotopic (exact) mass is 236 g/mol. The van der Waals surface area contributed by atoms with Crippen LogP contribution in [0.15, 0.2) is 18.2 Å². The third-order valence-corrected chi connectivity index (χ3v) is 3.50. The average Bonchev–Trinajstić information content (AvgIpc) is 2.70. The SMILES string of the molecule is CN1CC(CN)CC1c1cc(F)ccc1C=O. The van der Waals surface area contributed by atoms with Crippen LogP contribution < -0.4 is 5.73 Å². The van der Waals surface area contributed by atoms with Gasteiger partial charge in [-0.15, -0.1) is 0 Å². The minimum Gasteiger partial charge on any atom is -0.330 e. The van der Waals surface area contributed by atoms with Crippen LogP contribution in [0.1, 0.15) is 28.4 Å². The van der Waals surface area contributed by atoms with Crippen LogP contribution in [0.25, 0.3) is 0 Å². The largest absolute Gasteiger partial charge is 0.330 e. The summed E-state index contributed by atoms with van der Waals surface area (Å²) >= 11 is 0. The fraction of sp³-hybridized carbons (Fsp3) is 0.462. The lowest BCUT2D eigenvalue weighted by molar-refractivity contribution is 0.112. The number of benzene rings is 1. The van der Waals surface area contributed by atoms with E-state index in [1.165, 1.54) is 12.1 Å². The Kier molecular flexibility index (Phi) is 3.54. The molecular weight excluding hydrogens is 219 g/mol. The third-order valence-electron chi connectivity index (χ3n) is 3.50. The summed E-state index contributed by atoms with van der Waals surface area (Å²) in [5, 5.41) is 0. The van der Waals surface area contributed by atoms with Crippen molar-refractivity contribution in [2.45, 2.75) is 12.5 Å². The van der Waals surface area contributed by atoms with Crippen molar-refractivity contribution >= 4 is 6.29 Å². The van der Waals surface area contributed by atoms with Gasteiger partial charge in [0.1, 0.15) is 12.1 Å². The Morgan fingerprint density at radius 3 is 2.94 bits per heavy atom. The maximum Gasteiger partial charge on any atom is 0.150 e. The Bertz CT molecular complexity index is 422. The summed E-state index contributed by atoms with van der Waals surface area (Å²) in [5.74, 6) is 0.128. The van der Waals surface area contributed by atoms with E-state index in [4.69, 9.17) is 5.73 Å². The lowest BCUT2D eigenvalue weighted by Crippen LogP contribution is -2.21. The van der Waals surface area contributed by atoms with Crippen LogP contribution in [0.4, 0.5) is 4.39 Å².